The highest BCUT2D eigenvalue weighted by molar-refractivity contribution is 7.09. The molecular weight excluding hydrogens is 330 g/mol. The number of benzene rings is 1. The van der Waals surface area contributed by atoms with E-state index in [1.54, 1.807) is 11.3 Å². The number of rotatable bonds is 4. The first-order valence-electron chi connectivity index (χ1n) is 8.07. The van der Waals surface area contributed by atoms with Gasteiger partial charge in [-0.25, -0.2) is 4.52 Å². The maximum absolute atomic E-state index is 12.4. The van der Waals surface area contributed by atoms with Gasteiger partial charge in [0.05, 0.1) is 12.1 Å². The molecule has 0 spiro atoms. The van der Waals surface area contributed by atoms with Crippen LogP contribution in [0.2, 0.25) is 0 Å². The van der Waals surface area contributed by atoms with Crippen molar-refractivity contribution in [1.82, 2.24) is 14.9 Å². The molecule has 1 N–H and O–H groups in total. The molecule has 0 aliphatic heterocycles. The van der Waals surface area contributed by atoms with Crippen LogP contribution in [0.25, 0.3) is 16.6 Å². The van der Waals surface area contributed by atoms with Crippen molar-refractivity contribution in [1.29, 1.82) is 0 Å². The van der Waals surface area contributed by atoms with Crippen LogP contribution in [0, 0.1) is 6.92 Å². The number of thiophene rings is 1. The van der Waals surface area contributed by atoms with Gasteiger partial charge in [-0.3, -0.25) is 4.79 Å². The normalized spacial score (nSPS) is 10.9. The lowest BCUT2D eigenvalue weighted by molar-refractivity contribution is 0.0946. The average molecular weight is 347 g/mol. The summed E-state index contributed by atoms with van der Waals surface area (Å²) in [7, 11) is 0. The fourth-order valence-corrected chi connectivity index (χ4v) is 3.49. The Kier molecular flexibility index (Phi) is 4.07. The third kappa shape index (κ3) is 3.19. The van der Waals surface area contributed by atoms with E-state index in [4.69, 9.17) is 0 Å². The predicted molar refractivity (Wildman–Crippen MR) is 101 cm³/mol. The van der Waals surface area contributed by atoms with E-state index in [1.165, 1.54) is 0 Å². The topological polar surface area (TPSA) is 46.4 Å². The van der Waals surface area contributed by atoms with Crippen LogP contribution in [0.5, 0.6) is 0 Å². The zero-order chi connectivity index (χ0) is 17.2. The summed E-state index contributed by atoms with van der Waals surface area (Å²) in [5.74, 6) is -0.155. The van der Waals surface area contributed by atoms with Gasteiger partial charge < -0.3 is 5.32 Å². The third-order valence-electron chi connectivity index (χ3n) is 4.08. The second-order valence-corrected chi connectivity index (χ2v) is 6.91. The van der Waals surface area contributed by atoms with Crippen molar-refractivity contribution in [3.63, 3.8) is 0 Å². The second-order valence-electron chi connectivity index (χ2n) is 5.88. The Labute approximate surface area is 149 Å². The summed E-state index contributed by atoms with van der Waals surface area (Å²) in [6.45, 7) is 2.53. The minimum Gasteiger partial charge on any atom is -0.346 e. The predicted octanol–water partition coefficient (Wildman–Crippen LogP) is 4.30. The standard InChI is InChI=1S/C20H17N3OS/c1-14-10-16(15-6-3-2-4-7-15)11-17-12-19(22-23(14)17)20(24)21-13-18-8-5-9-25-18/h2-12H,13H2,1H3,(H,21,24). The molecule has 1 amide bonds. The SMILES string of the molecule is Cc1cc(-c2ccccc2)cc2cc(C(=O)NCc3cccs3)nn12. The Balaban J connectivity index is 1.63. The van der Waals surface area contributed by atoms with Crippen molar-refractivity contribution in [2.75, 3.05) is 0 Å². The van der Waals surface area contributed by atoms with E-state index in [0.29, 0.717) is 12.2 Å². The molecule has 0 atom stereocenters. The van der Waals surface area contributed by atoms with Gasteiger partial charge in [-0.15, -0.1) is 11.3 Å². The molecule has 0 fully saturated rings. The minimum absolute atomic E-state index is 0.155. The van der Waals surface area contributed by atoms with Gasteiger partial charge in [0, 0.05) is 10.6 Å². The molecule has 0 aliphatic rings. The van der Waals surface area contributed by atoms with Crippen LogP contribution in [0.1, 0.15) is 21.1 Å². The molecule has 4 nitrogen and oxygen atoms in total. The lowest BCUT2D eigenvalue weighted by Gasteiger charge is -2.05. The van der Waals surface area contributed by atoms with E-state index in [2.05, 4.69) is 34.7 Å². The molecule has 4 rings (SSSR count). The molecule has 5 heteroatoms. The fourth-order valence-electron chi connectivity index (χ4n) is 2.85. The van der Waals surface area contributed by atoms with Gasteiger partial charge in [-0.05, 0) is 47.7 Å². The van der Waals surface area contributed by atoms with E-state index < -0.39 is 0 Å². The third-order valence-corrected chi connectivity index (χ3v) is 4.96. The molecule has 25 heavy (non-hydrogen) atoms. The number of nitrogens with zero attached hydrogens (tertiary/aromatic N) is 2. The molecule has 3 aromatic heterocycles. The number of fused-ring (bicyclic) bond motifs is 1. The molecule has 0 bridgehead atoms. The highest BCUT2D eigenvalue weighted by Crippen LogP contribution is 2.23. The molecule has 124 valence electrons. The minimum atomic E-state index is -0.155. The number of carbonyl (C=O) groups is 1. The largest absolute Gasteiger partial charge is 0.346 e. The van der Waals surface area contributed by atoms with Crippen LogP contribution in [0.15, 0.2) is 66.0 Å². The lowest BCUT2D eigenvalue weighted by atomic mass is 10.1. The van der Waals surface area contributed by atoms with E-state index in [0.717, 1.165) is 27.2 Å². The first kappa shape index (κ1) is 15.6. The summed E-state index contributed by atoms with van der Waals surface area (Å²) in [4.78, 5) is 13.5. The zero-order valence-corrected chi connectivity index (χ0v) is 14.6. The van der Waals surface area contributed by atoms with Gasteiger partial charge in [0.25, 0.3) is 5.91 Å². The molecular formula is C20H17N3OS. The lowest BCUT2D eigenvalue weighted by Crippen LogP contribution is -2.22. The quantitative estimate of drug-likeness (QED) is 0.598. The highest BCUT2D eigenvalue weighted by atomic mass is 32.1. The van der Waals surface area contributed by atoms with Gasteiger partial charge in [0.1, 0.15) is 0 Å². The van der Waals surface area contributed by atoms with Crippen molar-refractivity contribution >= 4 is 22.8 Å². The number of nitrogens with one attached hydrogen (secondary N) is 1. The number of hydrogen-bond donors (Lipinski definition) is 1. The fraction of sp³-hybridized carbons (Fsp3) is 0.100. The highest BCUT2D eigenvalue weighted by Gasteiger charge is 2.13. The van der Waals surface area contributed by atoms with Crippen molar-refractivity contribution in [3.05, 3.63) is 82.3 Å². The molecule has 0 radical (unpaired) electrons. The molecule has 0 saturated carbocycles. The maximum atomic E-state index is 12.4. The first-order chi connectivity index (χ1) is 12.2. The van der Waals surface area contributed by atoms with Crippen molar-refractivity contribution in [2.45, 2.75) is 13.5 Å². The smallest absolute Gasteiger partial charge is 0.272 e. The van der Waals surface area contributed by atoms with Crippen LogP contribution in [0.3, 0.4) is 0 Å². The summed E-state index contributed by atoms with van der Waals surface area (Å²) in [6, 6.07) is 20.2. The Morgan fingerprint density at radius 1 is 1.08 bits per heavy atom. The Hall–Kier alpha value is -2.92. The monoisotopic (exact) mass is 347 g/mol. The van der Waals surface area contributed by atoms with Gasteiger partial charge >= 0.3 is 0 Å². The van der Waals surface area contributed by atoms with E-state index in [-0.39, 0.29) is 5.91 Å². The van der Waals surface area contributed by atoms with Crippen molar-refractivity contribution in [3.8, 4) is 11.1 Å². The molecule has 4 aromatic rings. The van der Waals surface area contributed by atoms with Gasteiger partial charge in [-0.1, -0.05) is 36.4 Å². The van der Waals surface area contributed by atoms with E-state index >= 15 is 0 Å². The zero-order valence-electron chi connectivity index (χ0n) is 13.8. The average Bonchev–Trinajstić information content (AvgIpc) is 3.30. The second kappa shape index (κ2) is 6.53. The number of amides is 1. The Bertz CT molecular complexity index is 1020. The number of hydrogen-bond acceptors (Lipinski definition) is 3. The number of carbonyl (C=O) groups excluding carboxylic acids is 1. The number of pyridine rings is 1. The molecule has 0 saturated heterocycles. The number of aryl methyl sites for hydroxylation is 1. The van der Waals surface area contributed by atoms with Crippen LogP contribution < -0.4 is 5.32 Å². The molecule has 1 aromatic carbocycles. The summed E-state index contributed by atoms with van der Waals surface area (Å²) in [5, 5.41) is 9.38. The Morgan fingerprint density at radius 2 is 1.92 bits per heavy atom. The summed E-state index contributed by atoms with van der Waals surface area (Å²) in [6.07, 6.45) is 0. The van der Waals surface area contributed by atoms with Crippen LogP contribution >= 0.6 is 11.3 Å². The van der Waals surface area contributed by atoms with Crippen LogP contribution in [-0.2, 0) is 6.54 Å². The maximum Gasteiger partial charge on any atom is 0.272 e. The summed E-state index contributed by atoms with van der Waals surface area (Å²) >= 11 is 1.63. The van der Waals surface area contributed by atoms with Crippen molar-refractivity contribution in [2.24, 2.45) is 0 Å². The van der Waals surface area contributed by atoms with E-state index in [1.807, 2.05) is 53.2 Å². The molecule has 0 aliphatic carbocycles. The van der Waals surface area contributed by atoms with Gasteiger partial charge in [0.15, 0.2) is 5.69 Å². The molecule has 0 unspecified atom stereocenters. The van der Waals surface area contributed by atoms with E-state index in [9.17, 15) is 4.79 Å². The summed E-state index contributed by atoms with van der Waals surface area (Å²) < 4.78 is 1.81. The van der Waals surface area contributed by atoms with Crippen molar-refractivity contribution < 1.29 is 4.79 Å². The van der Waals surface area contributed by atoms with Crippen LogP contribution in [0.4, 0.5) is 0 Å². The van der Waals surface area contributed by atoms with Crippen LogP contribution in [-0.4, -0.2) is 15.5 Å². The first-order valence-corrected chi connectivity index (χ1v) is 8.95. The Morgan fingerprint density at radius 3 is 2.68 bits per heavy atom. The van der Waals surface area contributed by atoms with Gasteiger partial charge in [0.2, 0.25) is 0 Å². The number of aromatic nitrogens is 2. The molecule has 3 heterocycles. The van der Waals surface area contributed by atoms with Gasteiger partial charge in [-0.2, -0.15) is 5.10 Å². The summed E-state index contributed by atoms with van der Waals surface area (Å²) in [5.41, 5.74) is 4.62.